The van der Waals surface area contributed by atoms with Gasteiger partial charge in [0.25, 0.3) is 5.91 Å². The quantitative estimate of drug-likeness (QED) is 0.836. The predicted octanol–water partition coefficient (Wildman–Crippen LogP) is 3.32. The van der Waals surface area contributed by atoms with Crippen LogP contribution in [-0.4, -0.2) is 36.4 Å². The first-order valence-electron chi connectivity index (χ1n) is 9.76. The van der Waals surface area contributed by atoms with Crippen LogP contribution in [0.15, 0.2) is 54.6 Å². The Morgan fingerprint density at radius 2 is 1.79 bits per heavy atom. The van der Waals surface area contributed by atoms with Crippen molar-refractivity contribution in [2.24, 2.45) is 5.41 Å². The van der Waals surface area contributed by atoms with Crippen molar-refractivity contribution in [3.05, 3.63) is 65.7 Å². The fraction of sp³-hybridized carbons (Fsp3) is 0.391. The van der Waals surface area contributed by atoms with E-state index in [1.54, 1.807) is 4.90 Å². The molecule has 1 N–H and O–H groups in total. The van der Waals surface area contributed by atoms with Crippen molar-refractivity contribution in [1.82, 2.24) is 10.2 Å². The Kier molecular flexibility index (Phi) is 6.34. The highest BCUT2D eigenvalue weighted by Crippen LogP contribution is 2.31. The number of carbonyl (C=O) groups excluding carboxylic acids is 2. The zero-order valence-electron chi connectivity index (χ0n) is 16.6. The molecular weight excluding hydrogens is 352 g/mol. The standard InChI is InChI=1S/C23H28N2O3/c1-18-7-6-10-20(15-18)28-17-21(26)25-13-11-23(2,12-14-25)22(27)24-16-19-8-4-3-5-9-19/h3-10,15H,11-14,16-17H2,1-2H3,(H,24,27). The van der Waals surface area contributed by atoms with Crippen LogP contribution in [0, 0.1) is 12.3 Å². The molecule has 2 amide bonds. The maximum atomic E-state index is 12.7. The molecule has 0 spiro atoms. The molecule has 0 aromatic heterocycles. The lowest BCUT2D eigenvalue weighted by Gasteiger charge is -2.38. The molecule has 28 heavy (non-hydrogen) atoms. The first kappa shape index (κ1) is 19.9. The Morgan fingerprint density at radius 1 is 1.07 bits per heavy atom. The molecular formula is C23H28N2O3. The second-order valence-corrected chi connectivity index (χ2v) is 7.71. The lowest BCUT2D eigenvalue weighted by Crippen LogP contribution is -2.49. The number of ether oxygens (including phenoxy) is 1. The van der Waals surface area contributed by atoms with Gasteiger partial charge in [-0.3, -0.25) is 9.59 Å². The van der Waals surface area contributed by atoms with Crippen molar-refractivity contribution in [1.29, 1.82) is 0 Å². The number of rotatable bonds is 6. The number of aryl methyl sites for hydroxylation is 1. The topological polar surface area (TPSA) is 58.6 Å². The molecule has 5 nitrogen and oxygen atoms in total. The van der Waals surface area contributed by atoms with Gasteiger partial charge in [-0.25, -0.2) is 0 Å². The molecule has 0 saturated carbocycles. The van der Waals surface area contributed by atoms with Gasteiger partial charge in [0.2, 0.25) is 5.91 Å². The van der Waals surface area contributed by atoms with Gasteiger partial charge in [-0.2, -0.15) is 0 Å². The number of nitrogens with zero attached hydrogens (tertiary/aromatic N) is 1. The first-order valence-corrected chi connectivity index (χ1v) is 9.76. The molecule has 5 heteroatoms. The van der Waals surface area contributed by atoms with E-state index < -0.39 is 5.41 Å². The van der Waals surface area contributed by atoms with Crippen molar-refractivity contribution >= 4 is 11.8 Å². The molecule has 0 aliphatic carbocycles. The SMILES string of the molecule is Cc1cccc(OCC(=O)N2CCC(C)(C(=O)NCc3ccccc3)CC2)c1. The molecule has 2 aromatic rings. The van der Waals surface area contributed by atoms with Gasteiger partial charge >= 0.3 is 0 Å². The van der Waals surface area contributed by atoms with E-state index in [1.807, 2.05) is 68.4 Å². The summed E-state index contributed by atoms with van der Waals surface area (Å²) >= 11 is 0. The summed E-state index contributed by atoms with van der Waals surface area (Å²) in [5.74, 6) is 0.725. The van der Waals surface area contributed by atoms with Gasteiger partial charge in [0.1, 0.15) is 5.75 Å². The number of likely N-dealkylation sites (tertiary alicyclic amines) is 1. The minimum absolute atomic E-state index is 0.0281. The average Bonchev–Trinajstić information content (AvgIpc) is 2.71. The van der Waals surface area contributed by atoms with E-state index in [-0.39, 0.29) is 18.4 Å². The molecule has 2 aromatic carbocycles. The van der Waals surface area contributed by atoms with Gasteiger partial charge in [-0.05, 0) is 43.0 Å². The van der Waals surface area contributed by atoms with Crippen LogP contribution in [0.1, 0.15) is 30.9 Å². The third-order valence-corrected chi connectivity index (χ3v) is 5.42. The summed E-state index contributed by atoms with van der Waals surface area (Å²) in [5, 5.41) is 3.04. The van der Waals surface area contributed by atoms with Crippen LogP contribution in [0.25, 0.3) is 0 Å². The van der Waals surface area contributed by atoms with Crippen LogP contribution in [0.2, 0.25) is 0 Å². The summed E-state index contributed by atoms with van der Waals surface area (Å²) in [5.41, 5.74) is 1.74. The molecule has 0 unspecified atom stereocenters. The monoisotopic (exact) mass is 380 g/mol. The molecule has 1 fully saturated rings. The van der Waals surface area contributed by atoms with Crippen LogP contribution in [0.4, 0.5) is 0 Å². The predicted molar refractivity (Wildman–Crippen MR) is 109 cm³/mol. The maximum Gasteiger partial charge on any atom is 0.260 e. The second kappa shape index (κ2) is 8.91. The smallest absolute Gasteiger partial charge is 0.260 e. The number of piperidine rings is 1. The Morgan fingerprint density at radius 3 is 2.46 bits per heavy atom. The van der Waals surface area contributed by atoms with Gasteiger partial charge < -0.3 is 15.0 Å². The molecule has 0 atom stereocenters. The van der Waals surface area contributed by atoms with Gasteiger partial charge in [0, 0.05) is 25.0 Å². The highest BCUT2D eigenvalue weighted by molar-refractivity contribution is 5.83. The largest absolute Gasteiger partial charge is 0.484 e. The van der Waals surface area contributed by atoms with E-state index >= 15 is 0 Å². The molecule has 1 heterocycles. The lowest BCUT2D eigenvalue weighted by molar-refractivity contribution is -0.141. The van der Waals surface area contributed by atoms with Crippen molar-refractivity contribution < 1.29 is 14.3 Å². The number of hydrogen-bond acceptors (Lipinski definition) is 3. The molecule has 1 aliphatic heterocycles. The minimum Gasteiger partial charge on any atom is -0.484 e. The van der Waals surface area contributed by atoms with Crippen LogP contribution >= 0.6 is 0 Å². The second-order valence-electron chi connectivity index (χ2n) is 7.71. The Balaban J connectivity index is 1.45. The van der Waals surface area contributed by atoms with Gasteiger partial charge in [-0.15, -0.1) is 0 Å². The fourth-order valence-corrected chi connectivity index (χ4v) is 3.41. The molecule has 0 radical (unpaired) electrons. The summed E-state index contributed by atoms with van der Waals surface area (Å²) in [6.07, 6.45) is 1.31. The summed E-state index contributed by atoms with van der Waals surface area (Å²) in [4.78, 5) is 26.9. The van der Waals surface area contributed by atoms with E-state index in [1.165, 1.54) is 0 Å². The zero-order chi connectivity index (χ0) is 20.0. The van der Waals surface area contributed by atoms with E-state index in [9.17, 15) is 9.59 Å². The first-order chi connectivity index (χ1) is 13.5. The summed E-state index contributed by atoms with van der Waals surface area (Å²) in [6.45, 7) is 5.68. The fourth-order valence-electron chi connectivity index (χ4n) is 3.41. The highest BCUT2D eigenvalue weighted by Gasteiger charge is 2.37. The number of benzene rings is 2. The number of hydrogen-bond donors (Lipinski definition) is 1. The summed E-state index contributed by atoms with van der Waals surface area (Å²) in [7, 11) is 0. The van der Waals surface area contributed by atoms with Crippen molar-refractivity contribution in [3.63, 3.8) is 0 Å². The third kappa shape index (κ3) is 5.12. The number of nitrogens with one attached hydrogen (secondary N) is 1. The lowest BCUT2D eigenvalue weighted by atomic mass is 9.79. The third-order valence-electron chi connectivity index (χ3n) is 5.42. The van der Waals surface area contributed by atoms with Gasteiger partial charge in [-0.1, -0.05) is 49.4 Å². The zero-order valence-corrected chi connectivity index (χ0v) is 16.6. The Bertz CT molecular complexity index is 812. The molecule has 148 valence electrons. The van der Waals surface area contributed by atoms with Gasteiger partial charge in [0.15, 0.2) is 6.61 Å². The van der Waals surface area contributed by atoms with E-state index in [4.69, 9.17) is 4.74 Å². The van der Waals surface area contributed by atoms with Crippen LogP contribution < -0.4 is 10.1 Å². The van der Waals surface area contributed by atoms with Crippen molar-refractivity contribution in [3.8, 4) is 5.75 Å². The van der Waals surface area contributed by atoms with Crippen LogP contribution in [0.3, 0.4) is 0 Å². The maximum absolute atomic E-state index is 12.7. The van der Waals surface area contributed by atoms with E-state index in [0.29, 0.717) is 38.2 Å². The normalized spacial score (nSPS) is 15.7. The molecule has 1 saturated heterocycles. The van der Waals surface area contributed by atoms with E-state index in [0.717, 1.165) is 11.1 Å². The van der Waals surface area contributed by atoms with Gasteiger partial charge in [0.05, 0.1) is 0 Å². The van der Waals surface area contributed by atoms with Crippen molar-refractivity contribution in [2.75, 3.05) is 19.7 Å². The Hall–Kier alpha value is -2.82. The van der Waals surface area contributed by atoms with E-state index in [2.05, 4.69) is 5.32 Å². The van der Waals surface area contributed by atoms with Crippen LogP contribution in [-0.2, 0) is 16.1 Å². The molecule has 0 bridgehead atoms. The van der Waals surface area contributed by atoms with Crippen molar-refractivity contribution in [2.45, 2.75) is 33.2 Å². The number of amides is 2. The van der Waals surface area contributed by atoms with Crippen LogP contribution in [0.5, 0.6) is 5.75 Å². The Labute approximate surface area is 166 Å². The average molecular weight is 380 g/mol. The number of carbonyl (C=O) groups is 2. The highest BCUT2D eigenvalue weighted by atomic mass is 16.5. The molecule has 3 rings (SSSR count). The molecule has 1 aliphatic rings. The summed E-state index contributed by atoms with van der Waals surface area (Å²) < 4.78 is 5.62. The summed E-state index contributed by atoms with van der Waals surface area (Å²) in [6, 6.07) is 17.6. The minimum atomic E-state index is -0.442.